The van der Waals surface area contributed by atoms with Crippen molar-refractivity contribution in [3.05, 3.63) is 84.3 Å². The molecular weight excluding hydrogens is 398 g/mol. The number of pyridine rings is 1. The number of nitrogens with zero attached hydrogens (tertiary/aromatic N) is 3. The molecule has 0 unspecified atom stereocenters. The Kier molecular flexibility index (Phi) is 5.94. The van der Waals surface area contributed by atoms with E-state index in [1.807, 2.05) is 41.1 Å². The summed E-state index contributed by atoms with van der Waals surface area (Å²) in [5.41, 5.74) is 5.16. The standard InChI is InChI=1S/C26H27N5O/c32-25(12-7-19-4-3-15-28-18-19)29-21-8-10-22(11-9-21)31-24-6-2-1-5-23(24)26(30-31)20-13-16-27-17-14-20/h1-6,8-11,15,18,20,27H,7,12-14,16-17H2,(H,29,32). The highest BCUT2D eigenvalue weighted by Gasteiger charge is 2.22. The second-order valence-electron chi connectivity index (χ2n) is 8.29. The highest BCUT2D eigenvalue weighted by Crippen LogP contribution is 2.32. The Labute approximate surface area is 187 Å². The van der Waals surface area contributed by atoms with Crippen molar-refractivity contribution in [3.8, 4) is 5.69 Å². The van der Waals surface area contributed by atoms with Crippen LogP contribution < -0.4 is 10.6 Å². The van der Waals surface area contributed by atoms with Crippen LogP contribution in [-0.2, 0) is 11.2 Å². The molecule has 5 rings (SSSR count). The number of para-hydroxylation sites is 1. The first kappa shape index (κ1) is 20.4. The van der Waals surface area contributed by atoms with Crippen molar-refractivity contribution < 1.29 is 4.79 Å². The first-order valence-corrected chi connectivity index (χ1v) is 11.3. The molecule has 162 valence electrons. The molecule has 1 saturated heterocycles. The molecule has 0 aliphatic carbocycles. The number of rotatable bonds is 6. The lowest BCUT2D eigenvalue weighted by molar-refractivity contribution is -0.116. The first-order valence-electron chi connectivity index (χ1n) is 11.3. The highest BCUT2D eigenvalue weighted by molar-refractivity contribution is 5.91. The Bertz CT molecular complexity index is 1190. The first-order chi connectivity index (χ1) is 15.8. The highest BCUT2D eigenvalue weighted by atomic mass is 16.1. The van der Waals surface area contributed by atoms with Crippen LogP contribution in [0.25, 0.3) is 16.6 Å². The summed E-state index contributed by atoms with van der Waals surface area (Å²) in [5, 5.41) is 12.7. The van der Waals surface area contributed by atoms with Gasteiger partial charge in [-0.1, -0.05) is 24.3 Å². The normalized spacial score (nSPS) is 14.5. The van der Waals surface area contributed by atoms with E-state index in [2.05, 4.69) is 39.9 Å². The van der Waals surface area contributed by atoms with Crippen LogP contribution in [-0.4, -0.2) is 33.8 Å². The number of nitrogens with one attached hydrogen (secondary N) is 2. The van der Waals surface area contributed by atoms with Crippen LogP contribution in [0, 0.1) is 0 Å². The topological polar surface area (TPSA) is 71.8 Å². The van der Waals surface area contributed by atoms with Crippen molar-refractivity contribution in [2.45, 2.75) is 31.6 Å². The lowest BCUT2D eigenvalue weighted by atomic mass is 9.93. The van der Waals surface area contributed by atoms with Crippen molar-refractivity contribution >= 4 is 22.5 Å². The van der Waals surface area contributed by atoms with E-state index in [1.165, 1.54) is 11.1 Å². The molecule has 0 bridgehead atoms. The monoisotopic (exact) mass is 425 g/mol. The number of hydrogen-bond donors (Lipinski definition) is 2. The van der Waals surface area contributed by atoms with Gasteiger partial charge in [0.25, 0.3) is 0 Å². The van der Waals surface area contributed by atoms with Crippen molar-refractivity contribution in [1.29, 1.82) is 0 Å². The van der Waals surface area contributed by atoms with Gasteiger partial charge in [-0.3, -0.25) is 9.78 Å². The molecule has 2 aromatic carbocycles. The molecule has 2 N–H and O–H groups in total. The predicted molar refractivity (Wildman–Crippen MR) is 127 cm³/mol. The summed E-state index contributed by atoms with van der Waals surface area (Å²) < 4.78 is 2.03. The number of amides is 1. The number of fused-ring (bicyclic) bond motifs is 1. The van der Waals surface area contributed by atoms with Gasteiger partial charge in [0.2, 0.25) is 5.91 Å². The van der Waals surface area contributed by atoms with Crippen LogP contribution in [0.3, 0.4) is 0 Å². The average Bonchev–Trinajstić information content (AvgIpc) is 3.24. The van der Waals surface area contributed by atoms with Gasteiger partial charge in [0.15, 0.2) is 0 Å². The maximum absolute atomic E-state index is 12.3. The summed E-state index contributed by atoms with van der Waals surface area (Å²) in [6, 6.07) is 20.2. The number of anilines is 1. The van der Waals surface area contributed by atoms with Gasteiger partial charge in [-0.15, -0.1) is 0 Å². The zero-order valence-corrected chi connectivity index (χ0v) is 18.0. The van der Waals surface area contributed by atoms with Crippen molar-refractivity contribution in [1.82, 2.24) is 20.1 Å². The molecule has 1 amide bonds. The van der Waals surface area contributed by atoms with Gasteiger partial charge in [0.1, 0.15) is 0 Å². The molecule has 1 aliphatic rings. The Balaban J connectivity index is 1.32. The lowest BCUT2D eigenvalue weighted by Crippen LogP contribution is -2.26. The molecule has 2 aromatic heterocycles. The number of aryl methyl sites for hydroxylation is 1. The van der Waals surface area contributed by atoms with Gasteiger partial charge in [0.05, 0.1) is 16.9 Å². The fourth-order valence-corrected chi connectivity index (χ4v) is 4.40. The van der Waals surface area contributed by atoms with Crippen molar-refractivity contribution in [2.75, 3.05) is 18.4 Å². The Morgan fingerprint density at radius 1 is 1.03 bits per heavy atom. The third-order valence-electron chi connectivity index (χ3n) is 6.10. The molecule has 4 aromatic rings. The Morgan fingerprint density at radius 3 is 2.62 bits per heavy atom. The van der Waals surface area contributed by atoms with Crippen LogP contribution in [0.5, 0.6) is 0 Å². The zero-order valence-electron chi connectivity index (χ0n) is 18.0. The molecule has 1 aliphatic heterocycles. The summed E-state index contributed by atoms with van der Waals surface area (Å²) in [4.78, 5) is 16.4. The summed E-state index contributed by atoms with van der Waals surface area (Å²) >= 11 is 0. The van der Waals surface area contributed by atoms with Gasteiger partial charge in [0, 0.05) is 35.8 Å². The second kappa shape index (κ2) is 9.32. The molecule has 32 heavy (non-hydrogen) atoms. The van der Waals surface area contributed by atoms with Crippen LogP contribution in [0.2, 0.25) is 0 Å². The number of piperidine rings is 1. The zero-order chi connectivity index (χ0) is 21.8. The summed E-state index contributed by atoms with van der Waals surface area (Å²) in [5.74, 6) is 0.486. The van der Waals surface area contributed by atoms with E-state index >= 15 is 0 Å². The molecule has 6 nitrogen and oxygen atoms in total. The number of carbonyl (C=O) groups excluding carboxylic acids is 1. The molecule has 6 heteroatoms. The van der Waals surface area contributed by atoms with E-state index < -0.39 is 0 Å². The van der Waals surface area contributed by atoms with E-state index in [4.69, 9.17) is 5.10 Å². The summed E-state index contributed by atoms with van der Waals surface area (Å²) in [7, 11) is 0. The summed E-state index contributed by atoms with van der Waals surface area (Å²) in [6.45, 7) is 2.09. The fraction of sp³-hybridized carbons (Fsp3) is 0.269. The SMILES string of the molecule is O=C(CCc1cccnc1)Nc1ccc(-n2nc(C3CCNCC3)c3ccccc32)cc1. The van der Waals surface area contributed by atoms with Crippen LogP contribution in [0.4, 0.5) is 5.69 Å². The van der Waals surface area contributed by atoms with E-state index in [1.54, 1.807) is 12.4 Å². The van der Waals surface area contributed by atoms with Crippen LogP contribution in [0.1, 0.15) is 36.4 Å². The van der Waals surface area contributed by atoms with Crippen LogP contribution in [0.15, 0.2) is 73.1 Å². The minimum absolute atomic E-state index is 0.000615. The maximum Gasteiger partial charge on any atom is 0.224 e. The summed E-state index contributed by atoms with van der Waals surface area (Å²) in [6.07, 6.45) is 6.88. The van der Waals surface area contributed by atoms with Gasteiger partial charge in [-0.05, 0) is 74.3 Å². The molecular formula is C26H27N5O. The molecule has 1 fully saturated rings. The van der Waals surface area contributed by atoms with E-state index in [0.717, 1.165) is 48.4 Å². The quantitative estimate of drug-likeness (QED) is 0.478. The average molecular weight is 426 g/mol. The number of aromatic nitrogens is 3. The predicted octanol–water partition coefficient (Wildman–Crippen LogP) is 4.46. The minimum atomic E-state index is -0.000615. The second-order valence-corrected chi connectivity index (χ2v) is 8.29. The Morgan fingerprint density at radius 2 is 1.84 bits per heavy atom. The maximum atomic E-state index is 12.3. The minimum Gasteiger partial charge on any atom is -0.326 e. The van der Waals surface area contributed by atoms with Gasteiger partial charge in [-0.25, -0.2) is 4.68 Å². The van der Waals surface area contributed by atoms with Gasteiger partial charge in [-0.2, -0.15) is 5.10 Å². The molecule has 3 heterocycles. The Hall–Kier alpha value is -3.51. The smallest absolute Gasteiger partial charge is 0.224 e. The molecule has 0 radical (unpaired) electrons. The number of benzene rings is 2. The largest absolute Gasteiger partial charge is 0.326 e. The van der Waals surface area contributed by atoms with E-state index in [-0.39, 0.29) is 5.91 Å². The molecule has 0 saturated carbocycles. The number of carbonyl (C=O) groups is 1. The fourth-order valence-electron chi connectivity index (χ4n) is 4.40. The van der Waals surface area contributed by atoms with Crippen molar-refractivity contribution in [3.63, 3.8) is 0 Å². The third-order valence-corrected chi connectivity index (χ3v) is 6.10. The molecule has 0 atom stereocenters. The number of hydrogen-bond acceptors (Lipinski definition) is 4. The third kappa shape index (κ3) is 4.41. The van der Waals surface area contributed by atoms with Gasteiger partial charge < -0.3 is 10.6 Å². The van der Waals surface area contributed by atoms with Crippen molar-refractivity contribution in [2.24, 2.45) is 0 Å². The molecule has 0 spiro atoms. The van der Waals surface area contributed by atoms with E-state index in [9.17, 15) is 4.79 Å². The van der Waals surface area contributed by atoms with Gasteiger partial charge >= 0.3 is 0 Å². The lowest BCUT2D eigenvalue weighted by Gasteiger charge is -2.21. The van der Waals surface area contributed by atoms with E-state index in [0.29, 0.717) is 18.8 Å². The van der Waals surface area contributed by atoms with Crippen LogP contribution >= 0.6 is 0 Å².